The summed E-state index contributed by atoms with van der Waals surface area (Å²) in [5.41, 5.74) is 1.62. The predicted octanol–water partition coefficient (Wildman–Crippen LogP) is 1.31. The van der Waals surface area contributed by atoms with Crippen LogP contribution in [0.3, 0.4) is 0 Å². The monoisotopic (exact) mass is 259 g/mol. The van der Waals surface area contributed by atoms with Crippen molar-refractivity contribution in [2.45, 2.75) is 20.0 Å². The second kappa shape index (κ2) is 7.19. The molecule has 0 fully saturated rings. The first-order valence-corrected chi connectivity index (χ1v) is 5.92. The van der Waals surface area contributed by atoms with E-state index in [1.807, 2.05) is 31.2 Å². The van der Waals surface area contributed by atoms with Gasteiger partial charge in [0.25, 0.3) is 5.91 Å². The normalized spacial score (nSPS) is 12.4. The van der Waals surface area contributed by atoms with E-state index in [0.717, 1.165) is 5.56 Å². The lowest BCUT2D eigenvalue weighted by molar-refractivity contribution is -0.112. The molecule has 1 rings (SSSR count). The van der Waals surface area contributed by atoms with Crippen LogP contribution in [0, 0.1) is 18.3 Å². The SMILES string of the molecule is Cc1cccc(NC(=O)/C(C#N)=C\NCC(C)O)c1. The van der Waals surface area contributed by atoms with Crippen molar-refractivity contribution in [3.8, 4) is 6.07 Å². The number of amides is 1. The Kier molecular flexibility index (Phi) is 5.58. The summed E-state index contributed by atoms with van der Waals surface area (Å²) in [5, 5.41) is 23.3. The van der Waals surface area contributed by atoms with Crippen LogP contribution in [-0.4, -0.2) is 23.7 Å². The lowest BCUT2D eigenvalue weighted by atomic mass is 10.2. The van der Waals surface area contributed by atoms with E-state index in [-0.39, 0.29) is 12.1 Å². The summed E-state index contributed by atoms with van der Waals surface area (Å²) in [6, 6.07) is 9.13. The lowest BCUT2D eigenvalue weighted by Gasteiger charge is -2.06. The molecule has 0 aromatic heterocycles. The molecule has 5 heteroatoms. The molecule has 0 saturated heterocycles. The fourth-order valence-corrected chi connectivity index (χ4v) is 1.40. The highest BCUT2D eigenvalue weighted by atomic mass is 16.3. The van der Waals surface area contributed by atoms with Crippen molar-refractivity contribution in [3.63, 3.8) is 0 Å². The Hall–Kier alpha value is -2.32. The molecule has 0 saturated carbocycles. The minimum absolute atomic E-state index is 0.0397. The summed E-state index contributed by atoms with van der Waals surface area (Å²) in [7, 11) is 0. The third-order valence-corrected chi connectivity index (χ3v) is 2.30. The number of aliphatic hydroxyl groups excluding tert-OH is 1. The molecular weight excluding hydrogens is 242 g/mol. The maximum Gasteiger partial charge on any atom is 0.267 e. The number of aliphatic hydroxyl groups is 1. The average molecular weight is 259 g/mol. The van der Waals surface area contributed by atoms with Gasteiger partial charge in [-0.3, -0.25) is 4.79 Å². The smallest absolute Gasteiger partial charge is 0.267 e. The highest BCUT2D eigenvalue weighted by molar-refractivity contribution is 6.06. The number of hydrogen-bond donors (Lipinski definition) is 3. The Morgan fingerprint density at radius 2 is 2.32 bits per heavy atom. The van der Waals surface area contributed by atoms with Crippen molar-refractivity contribution < 1.29 is 9.90 Å². The van der Waals surface area contributed by atoms with Gasteiger partial charge in [-0.25, -0.2) is 0 Å². The van der Waals surface area contributed by atoms with Crippen LogP contribution in [0.4, 0.5) is 5.69 Å². The molecule has 3 N–H and O–H groups in total. The Balaban J connectivity index is 2.67. The van der Waals surface area contributed by atoms with Crippen molar-refractivity contribution in [2.24, 2.45) is 0 Å². The molecule has 0 spiro atoms. The highest BCUT2D eigenvalue weighted by Crippen LogP contribution is 2.10. The van der Waals surface area contributed by atoms with Gasteiger partial charge in [-0.15, -0.1) is 0 Å². The number of aryl methyl sites for hydroxylation is 1. The van der Waals surface area contributed by atoms with E-state index in [1.165, 1.54) is 6.20 Å². The molecule has 0 radical (unpaired) electrons. The lowest BCUT2D eigenvalue weighted by Crippen LogP contribution is -2.22. The summed E-state index contributed by atoms with van der Waals surface area (Å²) >= 11 is 0. The van der Waals surface area contributed by atoms with Crippen LogP contribution >= 0.6 is 0 Å². The first-order chi connectivity index (χ1) is 9.02. The largest absolute Gasteiger partial charge is 0.392 e. The van der Waals surface area contributed by atoms with Gasteiger partial charge < -0.3 is 15.7 Å². The minimum Gasteiger partial charge on any atom is -0.392 e. The van der Waals surface area contributed by atoms with E-state index in [1.54, 1.807) is 13.0 Å². The molecule has 1 amide bonds. The Morgan fingerprint density at radius 1 is 1.58 bits per heavy atom. The molecule has 1 unspecified atom stereocenters. The van der Waals surface area contributed by atoms with Gasteiger partial charge in [0.1, 0.15) is 11.6 Å². The molecule has 0 heterocycles. The van der Waals surface area contributed by atoms with E-state index in [0.29, 0.717) is 5.69 Å². The van der Waals surface area contributed by atoms with Gasteiger partial charge in [0.05, 0.1) is 6.10 Å². The van der Waals surface area contributed by atoms with E-state index in [2.05, 4.69) is 10.6 Å². The van der Waals surface area contributed by atoms with E-state index in [9.17, 15) is 4.79 Å². The van der Waals surface area contributed by atoms with Gasteiger partial charge in [-0.1, -0.05) is 12.1 Å². The second-order valence-electron chi connectivity index (χ2n) is 4.25. The zero-order chi connectivity index (χ0) is 14.3. The average Bonchev–Trinajstić information content (AvgIpc) is 2.34. The number of rotatable bonds is 5. The quantitative estimate of drug-likeness (QED) is 0.550. The Morgan fingerprint density at radius 3 is 2.89 bits per heavy atom. The van der Waals surface area contributed by atoms with E-state index < -0.39 is 12.0 Å². The number of carbonyl (C=O) groups is 1. The van der Waals surface area contributed by atoms with Crippen LogP contribution in [0.2, 0.25) is 0 Å². The number of nitrogens with zero attached hydrogens (tertiary/aromatic N) is 1. The van der Waals surface area contributed by atoms with Gasteiger partial charge in [-0.05, 0) is 31.5 Å². The van der Waals surface area contributed by atoms with Gasteiger partial charge in [0.15, 0.2) is 0 Å². The molecule has 1 atom stereocenters. The van der Waals surface area contributed by atoms with Crippen LogP contribution in [0.25, 0.3) is 0 Å². The van der Waals surface area contributed by atoms with Gasteiger partial charge >= 0.3 is 0 Å². The maximum absolute atomic E-state index is 11.8. The van der Waals surface area contributed by atoms with Crippen molar-refractivity contribution in [1.29, 1.82) is 5.26 Å². The Labute approximate surface area is 112 Å². The van der Waals surface area contributed by atoms with Crippen molar-refractivity contribution in [2.75, 3.05) is 11.9 Å². The van der Waals surface area contributed by atoms with Crippen LogP contribution in [0.15, 0.2) is 36.0 Å². The van der Waals surface area contributed by atoms with Crippen LogP contribution in [0.1, 0.15) is 12.5 Å². The fourth-order valence-electron chi connectivity index (χ4n) is 1.40. The first-order valence-electron chi connectivity index (χ1n) is 5.92. The number of hydrogen-bond acceptors (Lipinski definition) is 4. The highest BCUT2D eigenvalue weighted by Gasteiger charge is 2.09. The van der Waals surface area contributed by atoms with Gasteiger partial charge in [0.2, 0.25) is 0 Å². The van der Waals surface area contributed by atoms with Crippen LogP contribution in [0.5, 0.6) is 0 Å². The molecule has 0 aliphatic carbocycles. The van der Waals surface area contributed by atoms with Crippen LogP contribution < -0.4 is 10.6 Å². The molecule has 19 heavy (non-hydrogen) atoms. The van der Waals surface area contributed by atoms with Gasteiger partial charge in [0, 0.05) is 18.4 Å². The zero-order valence-electron chi connectivity index (χ0n) is 11.0. The third-order valence-electron chi connectivity index (χ3n) is 2.30. The predicted molar refractivity (Wildman–Crippen MR) is 73.2 cm³/mol. The van der Waals surface area contributed by atoms with Crippen molar-refractivity contribution >= 4 is 11.6 Å². The number of carbonyl (C=O) groups excluding carboxylic acids is 1. The second-order valence-corrected chi connectivity index (χ2v) is 4.25. The van der Waals surface area contributed by atoms with Gasteiger partial charge in [-0.2, -0.15) is 5.26 Å². The molecule has 5 nitrogen and oxygen atoms in total. The molecule has 0 bridgehead atoms. The number of nitrogens with one attached hydrogen (secondary N) is 2. The molecule has 0 aliphatic rings. The van der Waals surface area contributed by atoms with Crippen molar-refractivity contribution in [1.82, 2.24) is 5.32 Å². The molecule has 1 aromatic rings. The fraction of sp³-hybridized carbons (Fsp3) is 0.286. The number of anilines is 1. The summed E-state index contributed by atoms with van der Waals surface area (Å²) in [6.45, 7) is 3.81. The minimum atomic E-state index is -0.545. The summed E-state index contributed by atoms with van der Waals surface area (Å²) in [5.74, 6) is -0.480. The topological polar surface area (TPSA) is 85.2 Å². The Bertz CT molecular complexity index is 516. The summed E-state index contributed by atoms with van der Waals surface area (Å²) in [4.78, 5) is 11.8. The first kappa shape index (κ1) is 14.7. The molecule has 1 aromatic carbocycles. The zero-order valence-corrected chi connectivity index (χ0v) is 11.0. The molecule has 0 aliphatic heterocycles. The van der Waals surface area contributed by atoms with E-state index >= 15 is 0 Å². The molecular formula is C14H17N3O2. The third kappa shape index (κ3) is 5.23. The standard InChI is InChI=1S/C14H17N3O2/c1-10-4-3-5-13(6-10)17-14(19)12(7-15)9-16-8-11(2)18/h3-6,9,11,16,18H,8H2,1-2H3,(H,17,19)/b12-9-. The number of benzene rings is 1. The van der Waals surface area contributed by atoms with Crippen molar-refractivity contribution in [3.05, 3.63) is 41.6 Å². The molecule has 100 valence electrons. The number of nitriles is 1. The maximum atomic E-state index is 11.8. The van der Waals surface area contributed by atoms with Crippen LogP contribution in [-0.2, 0) is 4.79 Å². The summed E-state index contributed by atoms with van der Waals surface area (Å²) < 4.78 is 0. The van der Waals surface area contributed by atoms with E-state index in [4.69, 9.17) is 10.4 Å². The summed E-state index contributed by atoms with van der Waals surface area (Å²) in [6.07, 6.45) is 0.758.